The first-order valence-corrected chi connectivity index (χ1v) is 9.09. The number of benzene rings is 2. The van der Waals surface area contributed by atoms with Gasteiger partial charge in [0.1, 0.15) is 0 Å². The SMILES string of the molecule is Cc1cc(C)c(NC(=O)CNc2cccc(NC(=O)C(C)(C)C)c2)c(C)c1. The summed E-state index contributed by atoms with van der Waals surface area (Å²) in [4.78, 5) is 24.4. The number of carbonyl (C=O) groups is 2. The topological polar surface area (TPSA) is 70.2 Å². The van der Waals surface area contributed by atoms with Crippen molar-refractivity contribution in [2.75, 3.05) is 22.5 Å². The molecule has 0 saturated heterocycles. The number of nitrogens with one attached hydrogen (secondary N) is 3. The van der Waals surface area contributed by atoms with Crippen LogP contribution in [0.3, 0.4) is 0 Å². The zero-order valence-corrected chi connectivity index (χ0v) is 17.0. The van der Waals surface area contributed by atoms with Gasteiger partial charge in [-0.15, -0.1) is 0 Å². The molecule has 27 heavy (non-hydrogen) atoms. The van der Waals surface area contributed by atoms with E-state index in [0.717, 1.165) is 22.5 Å². The molecule has 0 aromatic heterocycles. The van der Waals surface area contributed by atoms with Gasteiger partial charge >= 0.3 is 0 Å². The van der Waals surface area contributed by atoms with Gasteiger partial charge in [-0.05, 0) is 50.1 Å². The highest BCUT2D eigenvalue weighted by Crippen LogP contribution is 2.22. The van der Waals surface area contributed by atoms with Crippen LogP contribution in [-0.2, 0) is 9.59 Å². The summed E-state index contributed by atoms with van der Waals surface area (Å²) in [5, 5.41) is 8.97. The number of anilines is 3. The minimum Gasteiger partial charge on any atom is -0.376 e. The molecule has 0 aliphatic heterocycles. The highest BCUT2D eigenvalue weighted by Gasteiger charge is 2.21. The van der Waals surface area contributed by atoms with Crippen LogP contribution >= 0.6 is 0 Å². The Bertz CT molecular complexity index is 828. The van der Waals surface area contributed by atoms with Crippen molar-refractivity contribution in [2.45, 2.75) is 41.5 Å². The lowest BCUT2D eigenvalue weighted by Crippen LogP contribution is -2.27. The summed E-state index contributed by atoms with van der Waals surface area (Å²) in [6.45, 7) is 11.8. The van der Waals surface area contributed by atoms with Crippen LogP contribution in [0.2, 0.25) is 0 Å². The fourth-order valence-electron chi connectivity index (χ4n) is 2.77. The van der Waals surface area contributed by atoms with E-state index in [1.165, 1.54) is 5.56 Å². The molecule has 5 nitrogen and oxygen atoms in total. The number of hydrogen-bond acceptors (Lipinski definition) is 3. The normalized spacial score (nSPS) is 11.0. The van der Waals surface area contributed by atoms with E-state index in [1.54, 1.807) is 0 Å². The highest BCUT2D eigenvalue weighted by atomic mass is 16.2. The predicted octanol–water partition coefficient (Wildman–Crippen LogP) is 4.65. The van der Waals surface area contributed by atoms with Crippen LogP contribution in [0.1, 0.15) is 37.5 Å². The number of amides is 2. The van der Waals surface area contributed by atoms with Gasteiger partial charge in [-0.2, -0.15) is 0 Å². The van der Waals surface area contributed by atoms with Crippen LogP contribution in [0.25, 0.3) is 0 Å². The monoisotopic (exact) mass is 367 g/mol. The average molecular weight is 367 g/mol. The molecule has 144 valence electrons. The maximum atomic E-state index is 12.3. The Kier molecular flexibility index (Phi) is 6.26. The molecular formula is C22H29N3O2. The summed E-state index contributed by atoms with van der Waals surface area (Å²) in [6.07, 6.45) is 0. The van der Waals surface area contributed by atoms with Crippen molar-refractivity contribution in [1.29, 1.82) is 0 Å². The number of rotatable bonds is 5. The molecule has 2 rings (SSSR count). The first kappa shape index (κ1) is 20.5. The Morgan fingerprint density at radius 1 is 0.889 bits per heavy atom. The summed E-state index contributed by atoms with van der Waals surface area (Å²) < 4.78 is 0. The standard InChI is InChI=1S/C22H29N3O2/c1-14-10-15(2)20(16(3)11-14)25-19(26)13-23-17-8-7-9-18(12-17)24-21(27)22(4,5)6/h7-12,23H,13H2,1-6H3,(H,24,27)(H,25,26). The van der Waals surface area contributed by atoms with Crippen molar-refractivity contribution in [1.82, 2.24) is 0 Å². The third-order valence-electron chi connectivity index (χ3n) is 4.20. The van der Waals surface area contributed by atoms with E-state index in [4.69, 9.17) is 0 Å². The Labute approximate surface area is 161 Å². The van der Waals surface area contributed by atoms with Gasteiger partial charge in [0, 0.05) is 22.5 Å². The zero-order chi connectivity index (χ0) is 20.2. The van der Waals surface area contributed by atoms with Gasteiger partial charge in [-0.1, -0.05) is 44.5 Å². The van der Waals surface area contributed by atoms with E-state index in [2.05, 4.69) is 28.1 Å². The molecular weight excluding hydrogens is 338 g/mol. The van der Waals surface area contributed by atoms with Crippen molar-refractivity contribution in [3.8, 4) is 0 Å². The Morgan fingerprint density at radius 3 is 2.07 bits per heavy atom. The van der Waals surface area contributed by atoms with Crippen molar-refractivity contribution in [3.05, 3.63) is 53.1 Å². The second kappa shape index (κ2) is 8.25. The molecule has 0 atom stereocenters. The van der Waals surface area contributed by atoms with Crippen molar-refractivity contribution in [2.24, 2.45) is 5.41 Å². The third-order valence-corrected chi connectivity index (χ3v) is 4.20. The molecule has 0 aliphatic carbocycles. The second-order valence-corrected chi connectivity index (χ2v) is 7.96. The molecule has 2 aromatic carbocycles. The highest BCUT2D eigenvalue weighted by molar-refractivity contribution is 5.96. The maximum Gasteiger partial charge on any atom is 0.243 e. The van der Waals surface area contributed by atoms with Gasteiger partial charge in [-0.25, -0.2) is 0 Å². The molecule has 0 radical (unpaired) electrons. The van der Waals surface area contributed by atoms with Gasteiger partial charge in [-0.3, -0.25) is 9.59 Å². The molecule has 2 amide bonds. The maximum absolute atomic E-state index is 12.3. The zero-order valence-electron chi connectivity index (χ0n) is 17.0. The molecule has 3 N–H and O–H groups in total. The van der Waals surface area contributed by atoms with E-state index in [0.29, 0.717) is 5.69 Å². The minimum atomic E-state index is -0.465. The molecule has 0 saturated carbocycles. The van der Waals surface area contributed by atoms with Gasteiger partial charge in [0.15, 0.2) is 0 Å². The summed E-state index contributed by atoms with van der Waals surface area (Å²) in [5.74, 6) is -0.170. The molecule has 0 aliphatic rings. The molecule has 0 spiro atoms. The Balaban J connectivity index is 1.98. The van der Waals surface area contributed by atoms with Crippen LogP contribution in [0.5, 0.6) is 0 Å². The Morgan fingerprint density at radius 2 is 1.48 bits per heavy atom. The Hall–Kier alpha value is -2.82. The molecule has 0 heterocycles. The summed E-state index contributed by atoms with van der Waals surface area (Å²) in [6, 6.07) is 11.5. The largest absolute Gasteiger partial charge is 0.376 e. The van der Waals surface area contributed by atoms with Crippen molar-refractivity contribution >= 4 is 28.9 Å². The van der Waals surface area contributed by atoms with Crippen molar-refractivity contribution < 1.29 is 9.59 Å². The van der Waals surface area contributed by atoms with Crippen LogP contribution in [0.15, 0.2) is 36.4 Å². The third kappa shape index (κ3) is 5.84. The van der Waals surface area contributed by atoms with Gasteiger partial charge in [0.25, 0.3) is 0 Å². The predicted molar refractivity (Wildman–Crippen MR) is 112 cm³/mol. The first-order valence-electron chi connectivity index (χ1n) is 9.09. The van der Waals surface area contributed by atoms with Gasteiger partial charge < -0.3 is 16.0 Å². The molecule has 5 heteroatoms. The van der Waals surface area contributed by atoms with E-state index in [9.17, 15) is 9.59 Å². The van der Waals surface area contributed by atoms with Crippen LogP contribution < -0.4 is 16.0 Å². The van der Waals surface area contributed by atoms with E-state index in [1.807, 2.05) is 65.8 Å². The minimum absolute atomic E-state index is 0.0530. The first-order chi connectivity index (χ1) is 12.6. The molecule has 0 unspecified atom stereocenters. The lowest BCUT2D eigenvalue weighted by Gasteiger charge is -2.18. The fraction of sp³-hybridized carbons (Fsp3) is 0.364. The van der Waals surface area contributed by atoms with Crippen molar-refractivity contribution in [3.63, 3.8) is 0 Å². The van der Waals surface area contributed by atoms with E-state index < -0.39 is 5.41 Å². The quantitative estimate of drug-likeness (QED) is 0.720. The average Bonchev–Trinajstić information content (AvgIpc) is 2.55. The molecule has 2 aromatic rings. The summed E-state index contributed by atoms with van der Waals surface area (Å²) in [7, 11) is 0. The van der Waals surface area contributed by atoms with E-state index >= 15 is 0 Å². The van der Waals surface area contributed by atoms with Crippen LogP contribution in [0, 0.1) is 26.2 Å². The van der Waals surface area contributed by atoms with E-state index in [-0.39, 0.29) is 18.4 Å². The second-order valence-electron chi connectivity index (χ2n) is 7.96. The number of aryl methyl sites for hydroxylation is 3. The molecule has 0 bridgehead atoms. The van der Waals surface area contributed by atoms with Crippen LogP contribution in [0.4, 0.5) is 17.1 Å². The van der Waals surface area contributed by atoms with Gasteiger partial charge in [0.05, 0.1) is 6.54 Å². The smallest absolute Gasteiger partial charge is 0.243 e. The fourth-order valence-corrected chi connectivity index (χ4v) is 2.77. The number of carbonyl (C=O) groups excluding carboxylic acids is 2. The van der Waals surface area contributed by atoms with Gasteiger partial charge in [0.2, 0.25) is 11.8 Å². The molecule has 0 fully saturated rings. The lowest BCUT2D eigenvalue weighted by atomic mass is 9.95. The summed E-state index contributed by atoms with van der Waals surface area (Å²) in [5.41, 5.74) is 5.14. The number of hydrogen-bond donors (Lipinski definition) is 3. The lowest BCUT2D eigenvalue weighted by molar-refractivity contribution is -0.123. The summed E-state index contributed by atoms with van der Waals surface area (Å²) >= 11 is 0. The van der Waals surface area contributed by atoms with Crippen LogP contribution in [-0.4, -0.2) is 18.4 Å².